The Morgan fingerprint density at radius 1 is 1.23 bits per heavy atom. The second-order valence-electron chi connectivity index (χ2n) is 8.63. The maximum atomic E-state index is 13.4. The fourth-order valence-corrected chi connectivity index (χ4v) is 3.19. The first-order valence-corrected chi connectivity index (χ1v) is 11.3. The highest BCUT2D eigenvalue weighted by Gasteiger charge is 2.35. The molecule has 0 fully saturated rings. The minimum absolute atomic E-state index is 0.00591. The van der Waals surface area contributed by atoms with Crippen LogP contribution in [0.1, 0.15) is 58.2 Å². The fourth-order valence-electron chi connectivity index (χ4n) is 3.19. The first-order valence-electron chi connectivity index (χ1n) is 11.3. The van der Waals surface area contributed by atoms with E-state index in [1.807, 2.05) is 0 Å². The Labute approximate surface area is 207 Å². The summed E-state index contributed by atoms with van der Waals surface area (Å²) in [5.41, 5.74) is 0.0942. The van der Waals surface area contributed by atoms with E-state index in [0.29, 0.717) is 11.1 Å². The quantitative estimate of drug-likeness (QED) is 0.283. The van der Waals surface area contributed by atoms with Gasteiger partial charge in [0.25, 0.3) is 0 Å². The third-order valence-corrected chi connectivity index (χ3v) is 4.62. The van der Waals surface area contributed by atoms with Gasteiger partial charge in [0, 0.05) is 18.7 Å². The number of ether oxygens (including phenoxy) is 2. The topological polar surface area (TPSA) is 114 Å². The van der Waals surface area contributed by atoms with Crippen molar-refractivity contribution in [2.24, 2.45) is 0 Å². The lowest BCUT2D eigenvalue weighted by Gasteiger charge is -2.33. The van der Waals surface area contributed by atoms with Crippen molar-refractivity contribution in [2.75, 3.05) is 19.7 Å². The molecule has 3 amide bonds. The number of amides is 3. The van der Waals surface area contributed by atoms with Crippen molar-refractivity contribution in [3.8, 4) is 12.3 Å². The number of esters is 1. The number of carbonyl (C=O) groups excluding carboxylic acids is 4. The molecular weight excluding hydrogens is 450 g/mol. The smallest absolute Gasteiger partial charge is 0.408 e. The van der Waals surface area contributed by atoms with Crippen molar-refractivity contribution in [2.45, 2.75) is 58.7 Å². The van der Waals surface area contributed by atoms with Crippen LogP contribution in [-0.2, 0) is 23.9 Å². The lowest BCUT2D eigenvalue weighted by atomic mass is 9.97. The number of terminal acetylenes is 1. The number of rotatable bonds is 11. The molecule has 2 unspecified atom stereocenters. The van der Waals surface area contributed by atoms with Crippen molar-refractivity contribution in [3.63, 3.8) is 0 Å². The highest BCUT2D eigenvalue weighted by Crippen LogP contribution is 2.25. The van der Waals surface area contributed by atoms with Crippen LogP contribution < -0.4 is 10.6 Å². The van der Waals surface area contributed by atoms with Crippen LogP contribution in [0, 0.1) is 12.3 Å². The average molecular weight is 486 g/mol. The van der Waals surface area contributed by atoms with E-state index in [1.54, 1.807) is 52.0 Å². The van der Waals surface area contributed by atoms with E-state index in [0.717, 1.165) is 0 Å². The number of alkyl carbamates (subject to hydrolysis) is 1. The molecular formula is C26H35N3O6. The van der Waals surface area contributed by atoms with Crippen molar-refractivity contribution in [1.29, 1.82) is 0 Å². The Kier molecular flexibility index (Phi) is 11.5. The van der Waals surface area contributed by atoms with Crippen molar-refractivity contribution in [1.82, 2.24) is 15.5 Å². The molecule has 1 aromatic carbocycles. The predicted octanol–water partition coefficient (Wildman–Crippen LogP) is 2.71. The van der Waals surface area contributed by atoms with E-state index in [-0.39, 0.29) is 26.1 Å². The third kappa shape index (κ3) is 9.53. The zero-order chi connectivity index (χ0) is 26.6. The molecule has 190 valence electrons. The number of carbonyl (C=O) groups is 4. The molecule has 0 saturated carbocycles. The summed E-state index contributed by atoms with van der Waals surface area (Å²) in [5, 5.41) is 5.18. The van der Waals surface area contributed by atoms with E-state index < -0.39 is 41.6 Å². The van der Waals surface area contributed by atoms with Crippen LogP contribution in [0.15, 0.2) is 36.9 Å². The summed E-state index contributed by atoms with van der Waals surface area (Å²) in [5.74, 6) is 0.989. The highest BCUT2D eigenvalue weighted by atomic mass is 16.6. The molecule has 0 saturated heterocycles. The second-order valence-corrected chi connectivity index (χ2v) is 8.63. The number of nitrogens with zero attached hydrogens (tertiary/aromatic N) is 1. The zero-order valence-electron chi connectivity index (χ0n) is 21.1. The summed E-state index contributed by atoms with van der Waals surface area (Å²) in [6.45, 7) is 12.2. The standard InChI is InChI=1S/C26H35N3O6/c1-8-17-29(24(32)18(4)28-25(33)35-26(5,6)7)22(20-14-12-11-13-19(20)9-2)23(31)27-16-15-21(30)34-10-3/h2,8,11-14,18,22H,1,10,15-17H2,3-7H3,(H,27,31)(H,28,33). The first kappa shape index (κ1) is 29.2. The highest BCUT2D eigenvalue weighted by molar-refractivity contribution is 5.92. The number of benzene rings is 1. The largest absolute Gasteiger partial charge is 0.466 e. The minimum Gasteiger partial charge on any atom is -0.466 e. The average Bonchev–Trinajstić information content (AvgIpc) is 2.77. The van der Waals surface area contributed by atoms with Gasteiger partial charge < -0.3 is 25.0 Å². The van der Waals surface area contributed by atoms with Crippen LogP contribution in [-0.4, -0.2) is 60.1 Å². The van der Waals surface area contributed by atoms with Gasteiger partial charge in [0.05, 0.1) is 13.0 Å². The SMILES string of the molecule is C#Cc1ccccc1C(C(=O)NCCC(=O)OCC)N(CC=C)C(=O)C(C)NC(=O)OC(C)(C)C. The summed E-state index contributed by atoms with van der Waals surface area (Å²) in [4.78, 5) is 51.9. The number of hydrogen-bond donors (Lipinski definition) is 2. The fraction of sp³-hybridized carbons (Fsp3) is 0.462. The van der Waals surface area contributed by atoms with Crippen LogP contribution in [0.4, 0.5) is 4.79 Å². The van der Waals surface area contributed by atoms with Gasteiger partial charge in [-0.15, -0.1) is 13.0 Å². The van der Waals surface area contributed by atoms with Crippen LogP contribution in [0.25, 0.3) is 0 Å². The zero-order valence-corrected chi connectivity index (χ0v) is 21.1. The normalized spacial score (nSPS) is 12.3. The molecule has 1 rings (SSSR count). The van der Waals surface area contributed by atoms with Gasteiger partial charge in [0.15, 0.2) is 0 Å². The summed E-state index contributed by atoms with van der Waals surface area (Å²) in [6, 6.07) is 4.58. The van der Waals surface area contributed by atoms with Gasteiger partial charge in [-0.2, -0.15) is 0 Å². The van der Waals surface area contributed by atoms with Gasteiger partial charge >= 0.3 is 12.1 Å². The van der Waals surface area contributed by atoms with Crippen molar-refractivity contribution in [3.05, 3.63) is 48.0 Å². The summed E-state index contributed by atoms with van der Waals surface area (Å²) < 4.78 is 10.1. The number of nitrogens with one attached hydrogen (secondary N) is 2. The van der Waals surface area contributed by atoms with E-state index in [1.165, 1.54) is 17.9 Å². The summed E-state index contributed by atoms with van der Waals surface area (Å²) >= 11 is 0. The molecule has 0 aliphatic rings. The first-order chi connectivity index (χ1) is 16.4. The lowest BCUT2D eigenvalue weighted by Crippen LogP contribution is -2.52. The van der Waals surface area contributed by atoms with Crippen molar-refractivity contribution < 1.29 is 28.7 Å². The molecule has 9 heteroatoms. The van der Waals surface area contributed by atoms with Gasteiger partial charge in [-0.1, -0.05) is 30.2 Å². The van der Waals surface area contributed by atoms with Gasteiger partial charge in [-0.05, 0) is 46.2 Å². The van der Waals surface area contributed by atoms with Gasteiger partial charge in [-0.25, -0.2) is 4.79 Å². The number of hydrogen-bond acceptors (Lipinski definition) is 6. The van der Waals surface area contributed by atoms with E-state index in [2.05, 4.69) is 23.1 Å². The van der Waals surface area contributed by atoms with Crippen LogP contribution in [0.2, 0.25) is 0 Å². The Balaban J connectivity index is 3.27. The Morgan fingerprint density at radius 2 is 1.89 bits per heavy atom. The maximum Gasteiger partial charge on any atom is 0.408 e. The Hall–Kier alpha value is -3.80. The van der Waals surface area contributed by atoms with Crippen LogP contribution in [0.5, 0.6) is 0 Å². The molecule has 0 radical (unpaired) electrons. The molecule has 0 bridgehead atoms. The van der Waals surface area contributed by atoms with E-state index in [9.17, 15) is 19.2 Å². The van der Waals surface area contributed by atoms with Crippen LogP contribution in [0.3, 0.4) is 0 Å². The van der Waals surface area contributed by atoms with Crippen LogP contribution >= 0.6 is 0 Å². The monoisotopic (exact) mass is 485 g/mol. The van der Waals surface area contributed by atoms with E-state index >= 15 is 0 Å². The molecule has 0 heterocycles. The molecule has 2 atom stereocenters. The second kappa shape index (κ2) is 13.8. The summed E-state index contributed by atoms with van der Waals surface area (Å²) in [6.07, 6.45) is 6.32. The molecule has 35 heavy (non-hydrogen) atoms. The molecule has 2 N–H and O–H groups in total. The third-order valence-electron chi connectivity index (χ3n) is 4.62. The maximum absolute atomic E-state index is 13.4. The van der Waals surface area contributed by atoms with Gasteiger partial charge in [0.2, 0.25) is 11.8 Å². The van der Waals surface area contributed by atoms with Crippen molar-refractivity contribution >= 4 is 23.9 Å². The van der Waals surface area contributed by atoms with E-state index in [4.69, 9.17) is 15.9 Å². The molecule has 0 aromatic heterocycles. The van der Waals surface area contributed by atoms with Gasteiger partial charge in [0.1, 0.15) is 17.7 Å². The molecule has 0 spiro atoms. The van der Waals surface area contributed by atoms with Gasteiger partial charge in [-0.3, -0.25) is 14.4 Å². The predicted molar refractivity (Wildman–Crippen MR) is 132 cm³/mol. The molecule has 0 aliphatic carbocycles. The summed E-state index contributed by atoms with van der Waals surface area (Å²) in [7, 11) is 0. The Morgan fingerprint density at radius 3 is 2.46 bits per heavy atom. The molecule has 9 nitrogen and oxygen atoms in total. The Bertz CT molecular complexity index is 961. The molecule has 0 aliphatic heterocycles. The minimum atomic E-state index is -1.14. The molecule has 1 aromatic rings. The lowest BCUT2D eigenvalue weighted by molar-refractivity contribution is -0.144.